The van der Waals surface area contributed by atoms with E-state index in [9.17, 15) is 9.59 Å². The van der Waals surface area contributed by atoms with Gasteiger partial charge in [-0.3, -0.25) is 4.79 Å². The zero-order valence-electron chi connectivity index (χ0n) is 13.1. The number of hydrogen-bond acceptors (Lipinski definition) is 4. The molecule has 5 nitrogen and oxygen atoms in total. The Kier molecular flexibility index (Phi) is 5.81. The zero-order chi connectivity index (χ0) is 15.9. The van der Waals surface area contributed by atoms with Crippen molar-refractivity contribution in [3.05, 3.63) is 30.2 Å². The van der Waals surface area contributed by atoms with E-state index in [4.69, 9.17) is 9.15 Å². The molecule has 0 saturated heterocycles. The third-order valence-electron chi connectivity index (χ3n) is 4.03. The Hall–Kier alpha value is -2.04. The van der Waals surface area contributed by atoms with Gasteiger partial charge < -0.3 is 14.5 Å². The number of esters is 1. The molecule has 1 aromatic rings. The Morgan fingerprint density at radius 2 is 2.18 bits per heavy atom. The van der Waals surface area contributed by atoms with Gasteiger partial charge in [-0.1, -0.05) is 19.8 Å². The quantitative estimate of drug-likeness (QED) is 0.671. The monoisotopic (exact) mass is 305 g/mol. The summed E-state index contributed by atoms with van der Waals surface area (Å²) in [5, 5.41) is 2.98. The number of amides is 1. The molecule has 1 N–H and O–H groups in total. The molecule has 120 valence electrons. The van der Waals surface area contributed by atoms with E-state index in [1.54, 1.807) is 19.1 Å². The number of carbonyl (C=O) groups excluding carboxylic acids is 2. The van der Waals surface area contributed by atoms with Crippen molar-refractivity contribution in [1.29, 1.82) is 0 Å². The van der Waals surface area contributed by atoms with Crippen LogP contribution in [-0.2, 0) is 14.3 Å². The summed E-state index contributed by atoms with van der Waals surface area (Å²) in [6, 6.07) is 3.64. The van der Waals surface area contributed by atoms with Crippen molar-refractivity contribution in [2.75, 3.05) is 0 Å². The van der Waals surface area contributed by atoms with Crippen LogP contribution in [0.2, 0.25) is 0 Å². The average Bonchev–Trinajstić information content (AvgIpc) is 3.00. The molecule has 2 rings (SSSR count). The maximum atomic E-state index is 12.1. The summed E-state index contributed by atoms with van der Waals surface area (Å²) in [5.41, 5.74) is 0. The number of furan rings is 1. The number of rotatable bonds is 5. The molecule has 22 heavy (non-hydrogen) atoms. The van der Waals surface area contributed by atoms with Crippen molar-refractivity contribution in [3.63, 3.8) is 0 Å². The molecule has 0 bridgehead atoms. The van der Waals surface area contributed by atoms with Gasteiger partial charge in [0, 0.05) is 12.1 Å². The molecule has 0 radical (unpaired) electrons. The maximum Gasteiger partial charge on any atom is 0.331 e. The van der Waals surface area contributed by atoms with Crippen LogP contribution in [0.3, 0.4) is 0 Å². The number of carbonyl (C=O) groups is 2. The van der Waals surface area contributed by atoms with Gasteiger partial charge in [0.2, 0.25) is 0 Å². The SMILES string of the molecule is C[C@H](OC(=O)/C=C/c1ccco1)C(=O)N[C@H]1CCCC[C@@H]1C. The molecule has 5 heteroatoms. The lowest BCUT2D eigenvalue weighted by molar-refractivity contribution is -0.150. The molecule has 1 amide bonds. The Labute approximate surface area is 130 Å². The number of nitrogens with one attached hydrogen (secondary N) is 1. The smallest absolute Gasteiger partial charge is 0.331 e. The molecule has 1 aliphatic rings. The van der Waals surface area contributed by atoms with Gasteiger partial charge in [-0.2, -0.15) is 0 Å². The van der Waals surface area contributed by atoms with Gasteiger partial charge in [0.15, 0.2) is 6.10 Å². The molecule has 1 heterocycles. The van der Waals surface area contributed by atoms with Crippen molar-refractivity contribution in [3.8, 4) is 0 Å². The van der Waals surface area contributed by atoms with Crippen LogP contribution in [-0.4, -0.2) is 24.0 Å². The first kappa shape index (κ1) is 16.3. The maximum absolute atomic E-state index is 12.1. The van der Waals surface area contributed by atoms with E-state index in [1.807, 2.05) is 0 Å². The van der Waals surface area contributed by atoms with Crippen molar-refractivity contribution in [2.24, 2.45) is 5.92 Å². The third-order valence-corrected chi connectivity index (χ3v) is 4.03. The molecular weight excluding hydrogens is 282 g/mol. The van der Waals surface area contributed by atoms with E-state index in [-0.39, 0.29) is 11.9 Å². The van der Waals surface area contributed by atoms with E-state index in [2.05, 4.69) is 12.2 Å². The van der Waals surface area contributed by atoms with Crippen LogP contribution in [0.5, 0.6) is 0 Å². The Balaban J connectivity index is 1.79. The van der Waals surface area contributed by atoms with E-state index >= 15 is 0 Å². The van der Waals surface area contributed by atoms with E-state index in [0.29, 0.717) is 11.7 Å². The van der Waals surface area contributed by atoms with Crippen molar-refractivity contribution in [2.45, 2.75) is 51.7 Å². The minimum atomic E-state index is -0.803. The molecule has 0 spiro atoms. The molecular formula is C17H23NO4. The van der Waals surface area contributed by atoms with Gasteiger partial charge >= 0.3 is 5.97 Å². The van der Waals surface area contributed by atoms with Gasteiger partial charge in [0.05, 0.1) is 6.26 Å². The van der Waals surface area contributed by atoms with Crippen molar-refractivity contribution in [1.82, 2.24) is 5.32 Å². The summed E-state index contributed by atoms with van der Waals surface area (Å²) in [6.45, 7) is 3.73. The molecule has 0 aromatic carbocycles. The highest BCUT2D eigenvalue weighted by molar-refractivity contribution is 5.90. The van der Waals surface area contributed by atoms with Crippen LogP contribution >= 0.6 is 0 Å². The van der Waals surface area contributed by atoms with Crippen LogP contribution in [0, 0.1) is 5.92 Å². The summed E-state index contributed by atoms with van der Waals surface area (Å²) < 4.78 is 10.2. The average molecular weight is 305 g/mol. The van der Waals surface area contributed by atoms with Crippen molar-refractivity contribution >= 4 is 18.0 Å². The Bertz CT molecular complexity index is 521. The number of hydrogen-bond donors (Lipinski definition) is 1. The normalized spacial score (nSPS) is 23.2. The fourth-order valence-corrected chi connectivity index (χ4v) is 2.63. The van der Waals surface area contributed by atoms with Gasteiger partial charge in [-0.05, 0) is 43.9 Å². The predicted molar refractivity (Wildman–Crippen MR) is 82.9 cm³/mol. The van der Waals surface area contributed by atoms with Gasteiger partial charge in [-0.15, -0.1) is 0 Å². The van der Waals surface area contributed by atoms with E-state index < -0.39 is 12.1 Å². The Morgan fingerprint density at radius 1 is 1.41 bits per heavy atom. The standard InChI is InChI=1S/C17H23NO4/c1-12-6-3-4-8-15(12)18-17(20)13(2)22-16(19)10-9-14-7-5-11-21-14/h5,7,9-13,15H,3-4,6,8H2,1-2H3,(H,18,20)/b10-9+/t12-,13-,15-/m0/s1. The highest BCUT2D eigenvalue weighted by Crippen LogP contribution is 2.23. The zero-order valence-corrected chi connectivity index (χ0v) is 13.1. The van der Waals surface area contributed by atoms with E-state index in [0.717, 1.165) is 19.3 Å². The lowest BCUT2D eigenvalue weighted by atomic mass is 9.86. The highest BCUT2D eigenvalue weighted by Gasteiger charge is 2.25. The topological polar surface area (TPSA) is 68.5 Å². The summed E-state index contributed by atoms with van der Waals surface area (Å²) in [7, 11) is 0. The lowest BCUT2D eigenvalue weighted by Gasteiger charge is -2.30. The van der Waals surface area contributed by atoms with Gasteiger partial charge in [0.1, 0.15) is 5.76 Å². The fraction of sp³-hybridized carbons (Fsp3) is 0.529. The van der Waals surface area contributed by atoms with Crippen LogP contribution in [0.4, 0.5) is 0 Å². The largest absolute Gasteiger partial charge is 0.465 e. The van der Waals surface area contributed by atoms with Crippen molar-refractivity contribution < 1.29 is 18.7 Å². The summed E-state index contributed by atoms with van der Waals surface area (Å²) in [4.78, 5) is 23.8. The van der Waals surface area contributed by atoms with Crippen LogP contribution in [0.25, 0.3) is 6.08 Å². The third kappa shape index (κ3) is 4.76. The van der Waals surface area contributed by atoms with Gasteiger partial charge in [0.25, 0.3) is 5.91 Å². The predicted octanol–water partition coefficient (Wildman–Crippen LogP) is 2.92. The Morgan fingerprint density at radius 3 is 2.86 bits per heavy atom. The van der Waals surface area contributed by atoms with E-state index in [1.165, 1.54) is 24.8 Å². The minimum Gasteiger partial charge on any atom is -0.465 e. The molecule has 0 aliphatic heterocycles. The van der Waals surface area contributed by atoms with Crippen LogP contribution in [0.1, 0.15) is 45.3 Å². The number of ether oxygens (including phenoxy) is 1. The summed E-state index contributed by atoms with van der Waals surface area (Å²) in [6.07, 6.45) is 7.96. The second kappa shape index (κ2) is 7.82. The van der Waals surface area contributed by atoms with Crippen LogP contribution in [0.15, 0.2) is 28.9 Å². The molecule has 0 unspecified atom stereocenters. The molecule has 1 aliphatic carbocycles. The fourth-order valence-electron chi connectivity index (χ4n) is 2.63. The highest BCUT2D eigenvalue weighted by atomic mass is 16.5. The minimum absolute atomic E-state index is 0.182. The first-order chi connectivity index (χ1) is 10.6. The molecule has 1 fully saturated rings. The first-order valence-electron chi connectivity index (χ1n) is 7.79. The second-order valence-electron chi connectivity index (χ2n) is 5.80. The molecule has 3 atom stereocenters. The summed E-state index contributed by atoms with van der Waals surface area (Å²) in [5.74, 6) is 0.235. The molecule has 1 saturated carbocycles. The first-order valence-corrected chi connectivity index (χ1v) is 7.79. The van der Waals surface area contributed by atoms with Crippen LogP contribution < -0.4 is 5.32 Å². The second-order valence-corrected chi connectivity index (χ2v) is 5.80. The summed E-state index contributed by atoms with van der Waals surface area (Å²) >= 11 is 0. The van der Waals surface area contributed by atoms with Gasteiger partial charge in [-0.25, -0.2) is 4.79 Å². The lowest BCUT2D eigenvalue weighted by Crippen LogP contribution is -2.45. The molecule has 1 aromatic heterocycles.